The Bertz CT molecular complexity index is 1850. The second kappa shape index (κ2) is 15.8. The maximum Gasteiger partial charge on any atom is 0.293 e. The Labute approximate surface area is 288 Å². The van der Waals surface area contributed by atoms with Gasteiger partial charge >= 0.3 is 0 Å². The molecule has 2 aromatic heterocycles. The maximum absolute atomic E-state index is 13.3. The SMILES string of the molecule is CCC(C)C(N)C(=O)NC(=O)c1cc2cc(N3CCN(CCCCc4cn(C(=O)C(N)C(C)CC)c5ccc(C#N)cc45)CC3)ccc2o1. The number of nitriles is 1. The Morgan fingerprint density at radius 3 is 2.35 bits per heavy atom. The van der Waals surface area contributed by atoms with Gasteiger partial charge in [0.25, 0.3) is 5.91 Å². The topological polar surface area (TPSA) is 164 Å². The number of aryl methyl sites for hydroxylation is 1. The van der Waals surface area contributed by atoms with Gasteiger partial charge in [0.2, 0.25) is 11.8 Å². The van der Waals surface area contributed by atoms with Gasteiger partial charge in [-0.1, -0.05) is 40.5 Å². The lowest BCUT2D eigenvalue weighted by molar-refractivity contribution is -0.122. The number of anilines is 1. The summed E-state index contributed by atoms with van der Waals surface area (Å²) in [5.41, 5.74) is 16.4. The van der Waals surface area contributed by atoms with Crippen molar-refractivity contribution >= 4 is 45.3 Å². The van der Waals surface area contributed by atoms with Crippen molar-refractivity contribution in [1.29, 1.82) is 5.26 Å². The van der Waals surface area contributed by atoms with Crippen molar-refractivity contribution in [3.05, 3.63) is 65.5 Å². The second-order valence-corrected chi connectivity index (χ2v) is 13.5. The number of carbonyl (C=O) groups excluding carboxylic acids is 3. The molecule has 0 saturated carbocycles. The van der Waals surface area contributed by atoms with Gasteiger partial charge in [-0.05, 0) is 85.7 Å². The van der Waals surface area contributed by atoms with Gasteiger partial charge in [-0.25, -0.2) is 0 Å². The molecule has 4 atom stereocenters. The third-order valence-corrected chi connectivity index (χ3v) is 10.2. The van der Waals surface area contributed by atoms with Crippen LogP contribution in [0.1, 0.15) is 79.9 Å². The zero-order chi connectivity index (χ0) is 35.2. The third kappa shape index (κ3) is 8.05. The van der Waals surface area contributed by atoms with Crippen molar-refractivity contribution in [3.8, 4) is 6.07 Å². The summed E-state index contributed by atoms with van der Waals surface area (Å²) >= 11 is 0. The van der Waals surface area contributed by atoms with Crippen LogP contribution >= 0.6 is 0 Å². The molecular formula is C38H49N7O4. The summed E-state index contributed by atoms with van der Waals surface area (Å²) in [5, 5.41) is 13.6. The number of aromatic nitrogens is 1. The fraction of sp³-hybridized carbons (Fsp3) is 0.474. The van der Waals surface area contributed by atoms with E-state index in [1.807, 2.05) is 64.2 Å². The van der Waals surface area contributed by atoms with Crippen molar-refractivity contribution < 1.29 is 18.8 Å². The van der Waals surface area contributed by atoms with Crippen molar-refractivity contribution in [1.82, 2.24) is 14.8 Å². The molecule has 260 valence electrons. The van der Waals surface area contributed by atoms with Crippen LogP contribution < -0.4 is 21.7 Å². The van der Waals surface area contributed by atoms with E-state index >= 15 is 0 Å². The predicted molar refractivity (Wildman–Crippen MR) is 192 cm³/mol. The molecule has 4 aromatic rings. The molecular weight excluding hydrogens is 618 g/mol. The molecule has 1 aliphatic heterocycles. The van der Waals surface area contributed by atoms with E-state index in [2.05, 4.69) is 21.2 Å². The van der Waals surface area contributed by atoms with Gasteiger partial charge < -0.3 is 20.8 Å². The highest BCUT2D eigenvalue weighted by atomic mass is 16.3. The molecule has 3 heterocycles. The van der Waals surface area contributed by atoms with Gasteiger partial charge in [0.15, 0.2) is 5.76 Å². The molecule has 2 aromatic carbocycles. The number of carbonyl (C=O) groups is 3. The van der Waals surface area contributed by atoms with Crippen LogP contribution in [0.5, 0.6) is 0 Å². The monoisotopic (exact) mass is 667 g/mol. The first-order valence-electron chi connectivity index (χ1n) is 17.5. The summed E-state index contributed by atoms with van der Waals surface area (Å²) in [6.45, 7) is 12.5. The van der Waals surface area contributed by atoms with Gasteiger partial charge in [-0.15, -0.1) is 0 Å². The van der Waals surface area contributed by atoms with E-state index in [4.69, 9.17) is 15.9 Å². The van der Waals surface area contributed by atoms with Crippen molar-refractivity contribution in [2.75, 3.05) is 37.6 Å². The van der Waals surface area contributed by atoms with Crippen LogP contribution in [0.2, 0.25) is 0 Å². The largest absolute Gasteiger partial charge is 0.451 e. The Kier molecular flexibility index (Phi) is 11.5. The van der Waals surface area contributed by atoms with Crippen molar-refractivity contribution in [2.45, 2.75) is 71.9 Å². The number of hydrogen-bond donors (Lipinski definition) is 3. The fourth-order valence-electron chi connectivity index (χ4n) is 6.40. The second-order valence-electron chi connectivity index (χ2n) is 13.5. The van der Waals surface area contributed by atoms with E-state index in [-0.39, 0.29) is 23.5 Å². The van der Waals surface area contributed by atoms with Crippen LogP contribution in [-0.2, 0) is 11.2 Å². The number of unbranched alkanes of at least 4 members (excludes halogenated alkanes) is 1. The van der Waals surface area contributed by atoms with E-state index in [0.29, 0.717) is 11.1 Å². The average Bonchev–Trinajstić information content (AvgIpc) is 3.73. The van der Waals surface area contributed by atoms with Crippen LogP contribution in [0.15, 0.2) is 53.1 Å². The van der Waals surface area contributed by atoms with Gasteiger partial charge in [0.05, 0.1) is 29.2 Å². The molecule has 5 N–H and O–H groups in total. The normalized spacial score (nSPS) is 16.3. The molecule has 49 heavy (non-hydrogen) atoms. The molecule has 0 radical (unpaired) electrons. The van der Waals surface area contributed by atoms with E-state index in [1.165, 1.54) is 0 Å². The molecule has 4 unspecified atom stereocenters. The average molecular weight is 668 g/mol. The first kappa shape index (κ1) is 35.8. The van der Waals surface area contributed by atoms with Crippen LogP contribution in [-0.4, -0.2) is 72.0 Å². The number of imide groups is 1. The minimum atomic E-state index is -0.758. The highest BCUT2D eigenvalue weighted by molar-refractivity contribution is 6.06. The highest BCUT2D eigenvalue weighted by Gasteiger charge is 2.25. The lowest BCUT2D eigenvalue weighted by atomic mass is 9.99. The number of hydrogen-bond acceptors (Lipinski definition) is 9. The maximum atomic E-state index is 13.3. The van der Waals surface area contributed by atoms with Gasteiger partial charge in [-0.2, -0.15) is 5.26 Å². The quantitative estimate of drug-likeness (QED) is 0.166. The smallest absolute Gasteiger partial charge is 0.293 e. The van der Waals surface area contributed by atoms with Crippen molar-refractivity contribution in [3.63, 3.8) is 0 Å². The summed E-state index contributed by atoms with van der Waals surface area (Å²) in [6, 6.07) is 13.9. The minimum Gasteiger partial charge on any atom is -0.451 e. The third-order valence-electron chi connectivity index (χ3n) is 10.2. The van der Waals surface area contributed by atoms with Gasteiger partial charge in [0, 0.05) is 48.8 Å². The number of piperazine rings is 1. The lowest BCUT2D eigenvalue weighted by Crippen LogP contribution is -2.46. The molecule has 1 fully saturated rings. The predicted octanol–water partition coefficient (Wildman–Crippen LogP) is 5.05. The van der Waals surface area contributed by atoms with E-state index in [0.717, 1.165) is 92.4 Å². The van der Waals surface area contributed by atoms with Crippen LogP contribution in [0.3, 0.4) is 0 Å². The Balaban J connectivity index is 1.14. The lowest BCUT2D eigenvalue weighted by Gasteiger charge is -2.36. The molecule has 5 rings (SSSR count). The number of fused-ring (bicyclic) bond motifs is 2. The molecule has 2 amide bonds. The summed E-state index contributed by atoms with van der Waals surface area (Å²) < 4.78 is 7.43. The van der Waals surface area contributed by atoms with Crippen molar-refractivity contribution in [2.24, 2.45) is 23.3 Å². The molecule has 1 aliphatic rings. The Morgan fingerprint density at radius 2 is 1.65 bits per heavy atom. The number of nitrogens with one attached hydrogen (secondary N) is 1. The molecule has 0 spiro atoms. The molecule has 0 bridgehead atoms. The van der Waals surface area contributed by atoms with E-state index in [1.54, 1.807) is 16.7 Å². The summed E-state index contributed by atoms with van der Waals surface area (Å²) in [7, 11) is 0. The first-order valence-corrected chi connectivity index (χ1v) is 17.5. The summed E-state index contributed by atoms with van der Waals surface area (Å²) in [6.07, 6.45) is 6.27. The number of rotatable bonds is 13. The Hall–Kier alpha value is -4.50. The number of nitrogens with zero attached hydrogens (tertiary/aromatic N) is 4. The standard InChI is InChI=1S/C38H49N7O4/c1-5-24(3)34(40)37(47)42-36(46)33-21-28-20-29(11-13-32(28)49-33)44-17-15-43(16-18-44)14-8-7-9-27-23-45(38(48)35(41)25(4)6-2)31-12-10-26(22-39)19-30(27)31/h10-13,19-21,23-25,34-35H,5-9,14-18,40-41H2,1-4H3,(H,42,46,47). The molecule has 0 aliphatic carbocycles. The molecule has 11 nitrogen and oxygen atoms in total. The first-order chi connectivity index (χ1) is 23.5. The highest BCUT2D eigenvalue weighted by Crippen LogP contribution is 2.28. The number of nitrogens with two attached hydrogens (primary N) is 2. The number of furan rings is 1. The van der Waals surface area contributed by atoms with Crippen LogP contribution in [0.4, 0.5) is 5.69 Å². The van der Waals surface area contributed by atoms with Gasteiger partial charge in [-0.3, -0.25) is 29.2 Å². The molecule has 1 saturated heterocycles. The number of amides is 2. The van der Waals surface area contributed by atoms with Crippen LogP contribution in [0, 0.1) is 23.2 Å². The van der Waals surface area contributed by atoms with Gasteiger partial charge in [0.1, 0.15) is 5.58 Å². The fourth-order valence-corrected chi connectivity index (χ4v) is 6.40. The zero-order valence-electron chi connectivity index (χ0n) is 29.1. The zero-order valence-corrected chi connectivity index (χ0v) is 29.1. The Morgan fingerprint density at radius 1 is 0.939 bits per heavy atom. The van der Waals surface area contributed by atoms with E-state index in [9.17, 15) is 19.6 Å². The minimum absolute atomic E-state index is 0.0391. The molecule has 11 heteroatoms. The summed E-state index contributed by atoms with van der Waals surface area (Å²) in [4.78, 5) is 43.2. The number of benzene rings is 2. The summed E-state index contributed by atoms with van der Waals surface area (Å²) in [5.74, 6) is -1.09. The van der Waals surface area contributed by atoms with Crippen LogP contribution in [0.25, 0.3) is 21.9 Å². The van der Waals surface area contributed by atoms with E-state index < -0.39 is 23.9 Å².